The van der Waals surface area contributed by atoms with E-state index < -0.39 is 12.1 Å². The van der Waals surface area contributed by atoms with E-state index in [1.54, 1.807) is 24.1 Å². The summed E-state index contributed by atoms with van der Waals surface area (Å²) in [5.74, 6) is -3.11. The highest BCUT2D eigenvalue weighted by atomic mass is 19.4. The monoisotopic (exact) mass is 525 g/mol. The van der Waals surface area contributed by atoms with Gasteiger partial charge in [-0.25, -0.2) is 9.18 Å². The lowest BCUT2D eigenvalue weighted by Gasteiger charge is -2.27. The second-order valence-electron chi connectivity index (χ2n) is 8.79. The van der Waals surface area contributed by atoms with Crippen LogP contribution in [0.2, 0.25) is 0 Å². The highest BCUT2D eigenvalue weighted by Crippen LogP contribution is 2.26. The van der Waals surface area contributed by atoms with Crippen LogP contribution in [-0.4, -0.2) is 49.2 Å². The molecular formula is C26H31F4N3O4. The molecule has 0 radical (unpaired) electrons. The second-order valence-corrected chi connectivity index (χ2v) is 8.79. The molecule has 0 aliphatic heterocycles. The first-order valence-corrected chi connectivity index (χ1v) is 11.7. The smallest absolute Gasteiger partial charge is 0.475 e. The van der Waals surface area contributed by atoms with E-state index >= 15 is 0 Å². The first kappa shape index (κ1) is 29.8. The number of alkyl halides is 3. The number of aliphatic carboxylic acids is 1. The fourth-order valence-electron chi connectivity index (χ4n) is 3.92. The minimum atomic E-state index is -5.08. The first-order valence-electron chi connectivity index (χ1n) is 11.7. The summed E-state index contributed by atoms with van der Waals surface area (Å²) in [5, 5.41) is 13.3. The van der Waals surface area contributed by atoms with E-state index in [0.717, 1.165) is 42.5 Å². The van der Waals surface area contributed by atoms with Gasteiger partial charge in [-0.2, -0.15) is 13.2 Å². The number of carbonyl (C=O) groups excluding carboxylic acids is 2. The van der Waals surface area contributed by atoms with Crippen LogP contribution in [0.3, 0.4) is 0 Å². The number of carbonyl (C=O) groups is 3. The van der Waals surface area contributed by atoms with Crippen molar-refractivity contribution in [3.63, 3.8) is 0 Å². The van der Waals surface area contributed by atoms with Gasteiger partial charge in [-0.15, -0.1) is 0 Å². The number of anilines is 1. The molecule has 0 heterocycles. The average molecular weight is 526 g/mol. The van der Waals surface area contributed by atoms with Gasteiger partial charge in [-0.05, 0) is 68.1 Å². The van der Waals surface area contributed by atoms with Crippen molar-refractivity contribution in [1.29, 1.82) is 0 Å². The molecule has 7 nitrogen and oxygen atoms in total. The number of nitrogens with zero attached hydrogens (tertiary/aromatic N) is 1. The molecule has 0 unspecified atom stereocenters. The average Bonchev–Trinajstić information content (AvgIpc) is 2.87. The highest BCUT2D eigenvalue weighted by molar-refractivity contribution is 5.91. The third kappa shape index (κ3) is 8.85. The maximum absolute atomic E-state index is 14.3. The van der Waals surface area contributed by atoms with Crippen molar-refractivity contribution < 1.29 is 37.1 Å². The number of benzene rings is 2. The van der Waals surface area contributed by atoms with E-state index in [9.17, 15) is 27.2 Å². The third-order valence-corrected chi connectivity index (χ3v) is 6.31. The van der Waals surface area contributed by atoms with Crippen LogP contribution >= 0.6 is 0 Å². The van der Waals surface area contributed by atoms with E-state index in [0.29, 0.717) is 11.6 Å². The largest absolute Gasteiger partial charge is 0.490 e. The summed E-state index contributed by atoms with van der Waals surface area (Å²) in [6, 6.07) is 13.0. The van der Waals surface area contributed by atoms with Gasteiger partial charge in [-0.1, -0.05) is 18.2 Å². The highest BCUT2D eigenvalue weighted by Gasteiger charge is 2.38. The first-order chi connectivity index (χ1) is 17.3. The molecule has 2 aromatic rings. The number of amides is 2. The minimum Gasteiger partial charge on any atom is -0.475 e. The fraction of sp³-hybridized carbons (Fsp3) is 0.423. The molecule has 11 heteroatoms. The Morgan fingerprint density at radius 2 is 1.54 bits per heavy atom. The summed E-state index contributed by atoms with van der Waals surface area (Å²) in [5.41, 5.74) is 3.06. The van der Waals surface area contributed by atoms with Gasteiger partial charge in [0.2, 0.25) is 11.8 Å². The number of halogens is 4. The molecule has 1 aliphatic rings. The van der Waals surface area contributed by atoms with Crippen molar-refractivity contribution >= 4 is 23.5 Å². The Balaban J connectivity index is 0.000000604. The third-order valence-electron chi connectivity index (χ3n) is 6.31. The zero-order valence-corrected chi connectivity index (χ0v) is 20.9. The summed E-state index contributed by atoms with van der Waals surface area (Å²) >= 11 is 0. The van der Waals surface area contributed by atoms with Gasteiger partial charge in [0.05, 0.1) is 0 Å². The zero-order chi connectivity index (χ0) is 27.8. The molecule has 37 heavy (non-hydrogen) atoms. The van der Waals surface area contributed by atoms with Crippen molar-refractivity contribution in [2.45, 2.75) is 51.4 Å². The standard InChI is InChI=1S/C24H30FN3O2.C2HF3O2/c1-16(29)28(3)22-11-6-17(7-12-22)19-8-13-23(25)20(14-19)15-27-24(30)18-4-9-21(26-2)10-5-18;3-2(4,5)1(6)7/h6-8,11-14,18,21,26H,4-5,9-10,15H2,1-3H3,(H,27,30);(H,6,7). The molecule has 0 spiro atoms. The molecule has 0 aromatic heterocycles. The number of hydrogen-bond donors (Lipinski definition) is 3. The van der Waals surface area contributed by atoms with Crippen molar-refractivity contribution in [3.05, 3.63) is 53.8 Å². The van der Waals surface area contributed by atoms with E-state index in [1.807, 2.05) is 31.3 Å². The lowest BCUT2D eigenvalue weighted by Crippen LogP contribution is -2.37. The van der Waals surface area contributed by atoms with Gasteiger partial charge in [0.1, 0.15) is 5.82 Å². The van der Waals surface area contributed by atoms with Crippen molar-refractivity contribution in [2.24, 2.45) is 5.92 Å². The quantitative estimate of drug-likeness (QED) is 0.483. The number of rotatable bonds is 6. The van der Waals surface area contributed by atoms with E-state index in [1.165, 1.54) is 13.0 Å². The summed E-state index contributed by atoms with van der Waals surface area (Å²) in [7, 11) is 3.68. The lowest BCUT2D eigenvalue weighted by molar-refractivity contribution is -0.192. The van der Waals surface area contributed by atoms with Crippen LogP contribution in [0.25, 0.3) is 11.1 Å². The Hall–Kier alpha value is -3.47. The normalized spacial score (nSPS) is 17.3. The van der Waals surface area contributed by atoms with Crippen LogP contribution in [0.1, 0.15) is 38.2 Å². The lowest BCUT2D eigenvalue weighted by atomic mass is 9.85. The molecule has 0 bridgehead atoms. The minimum absolute atomic E-state index is 0.00554. The van der Waals surface area contributed by atoms with Gasteiger partial charge >= 0.3 is 12.1 Å². The molecule has 1 saturated carbocycles. The van der Waals surface area contributed by atoms with Crippen LogP contribution in [0, 0.1) is 11.7 Å². The van der Waals surface area contributed by atoms with Crippen molar-refractivity contribution in [2.75, 3.05) is 19.0 Å². The van der Waals surface area contributed by atoms with Crippen LogP contribution in [0.15, 0.2) is 42.5 Å². The molecule has 2 amide bonds. The Morgan fingerprint density at radius 3 is 2.03 bits per heavy atom. The summed E-state index contributed by atoms with van der Waals surface area (Å²) in [6.45, 7) is 1.69. The van der Waals surface area contributed by atoms with Gasteiger partial charge < -0.3 is 20.6 Å². The van der Waals surface area contributed by atoms with Crippen LogP contribution < -0.4 is 15.5 Å². The van der Waals surface area contributed by atoms with Crippen LogP contribution in [0.4, 0.5) is 23.2 Å². The Bertz CT molecular complexity index is 1080. The molecule has 1 aliphatic carbocycles. The molecule has 1 fully saturated rings. The van der Waals surface area contributed by atoms with Crippen LogP contribution in [0.5, 0.6) is 0 Å². The summed E-state index contributed by atoms with van der Waals surface area (Å²) < 4.78 is 46.1. The summed E-state index contributed by atoms with van der Waals surface area (Å²) in [6.07, 6.45) is -1.37. The molecule has 0 atom stereocenters. The molecule has 0 saturated heterocycles. The number of carboxylic acid groups (broad SMARTS) is 1. The van der Waals surface area contributed by atoms with Crippen molar-refractivity contribution in [3.8, 4) is 11.1 Å². The Kier molecular flexibility index (Phi) is 10.6. The van der Waals surface area contributed by atoms with Crippen LogP contribution in [-0.2, 0) is 20.9 Å². The maximum Gasteiger partial charge on any atom is 0.490 e. The Morgan fingerprint density at radius 1 is 1.00 bits per heavy atom. The van der Waals surface area contributed by atoms with Gasteiger partial charge in [0, 0.05) is 43.7 Å². The molecule has 3 rings (SSSR count). The van der Waals surface area contributed by atoms with E-state index in [4.69, 9.17) is 9.90 Å². The van der Waals surface area contributed by atoms with E-state index in [-0.39, 0.29) is 30.1 Å². The Labute approximate surface area is 212 Å². The SMILES string of the molecule is CNC1CCC(C(=O)NCc2cc(-c3ccc(N(C)C(C)=O)cc3)ccc2F)CC1.O=C(O)C(F)(F)F. The van der Waals surface area contributed by atoms with E-state index in [2.05, 4.69) is 10.6 Å². The predicted octanol–water partition coefficient (Wildman–Crippen LogP) is 4.50. The summed E-state index contributed by atoms with van der Waals surface area (Å²) in [4.78, 5) is 34.5. The van der Waals surface area contributed by atoms with Gasteiger partial charge in [0.15, 0.2) is 0 Å². The number of hydrogen-bond acceptors (Lipinski definition) is 4. The second kappa shape index (κ2) is 13.2. The maximum atomic E-state index is 14.3. The molecule has 3 N–H and O–H groups in total. The fourth-order valence-corrected chi connectivity index (χ4v) is 3.92. The molecule has 2 aromatic carbocycles. The van der Waals surface area contributed by atoms with Gasteiger partial charge in [-0.3, -0.25) is 9.59 Å². The zero-order valence-electron chi connectivity index (χ0n) is 20.9. The molecule has 202 valence electrons. The topological polar surface area (TPSA) is 98.7 Å². The predicted molar refractivity (Wildman–Crippen MR) is 131 cm³/mol. The van der Waals surface area contributed by atoms with Gasteiger partial charge in [0.25, 0.3) is 0 Å². The van der Waals surface area contributed by atoms with Crippen molar-refractivity contribution in [1.82, 2.24) is 10.6 Å². The number of nitrogens with one attached hydrogen (secondary N) is 2. The molecular weight excluding hydrogens is 494 g/mol. The number of carboxylic acids is 1.